The molecule has 1 amide bonds. The van der Waals surface area contributed by atoms with Crippen molar-refractivity contribution in [3.63, 3.8) is 0 Å². The lowest BCUT2D eigenvalue weighted by Gasteiger charge is -2.12. The Labute approximate surface area is 206 Å². The molecule has 36 heavy (non-hydrogen) atoms. The highest BCUT2D eigenvalue weighted by molar-refractivity contribution is 5.92. The first-order valence-electron chi connectivity index (χ1n) is 11.3. The Balaban J connectivity index is 0.000000174. The molecular formula is C26H25N3O7. The number of carboxylic acid groups (broad SMARTS) is 1. The topological polar surface area (TPSA) is 150 Å². The lowest BCUT2D eigenvalue weighted by Crippen LogP contribution is -2.27. The van der Waals surface area contributed by atoms with Gasteiger partial charge < -0.3 is 29.1 Å². The average molecular weight is 492 g/mol. The second kappa shape index (κ2) is 11.4. The van der Waals surface area contributed by atoms with Gasteiger partial charge in [-0.3, -0.25) is 4.79 Å². The lowest BCUT2D eigenvalue weighted by molar-refractivity contribution is 0.0689. The molecule has 186 valence electrons. The van der Waals surface area contributed by atoms with E-state index in [9.17, 15) is 9.59 Å². The highest BCUT2D eigenvalue weighted by Crippen LogP contribution is 2.21. The summed E-state index contributed by atoms with van der Waals surface area (Å²) in [6.45, 7) is 1.56. The molecule has 0 aliphatic carbocycles. The maximum absolute atomic E-state index is 12.2. The number of aliphatic hydroxyl groups is 2. The summed E-state index contributed by atoms with van der Waals surface area (Å²) in [6, 6.07) is 14.1. The normalized spacial score (nSPS) is 12.8. The number of likely N-dealkylation sites (tertiary alicyclic amines) is 1. The Morgan fingerprint density at radius 1 is 0.750 bits per heavy atom. The number of aromatic nitrogens is 2. The molecule has 2 aromatic carbocycles. The van der Waals surface area contributed by atoms with Crippen LogP contribution in [0, 0.1) is 0 Å². The number of carboxylic acids is 1. The number of oxazole rings is 2. The minimum absolute atomic E-state index is 0.00452. The monoisotopic (exact) mass is 491 g/mol. The number of carbonyl (C=O) groups excluding carboxylic acids is 1. The summed E-state index contributed by atoms with van der Waals surface area (Å²) >= 11 is 0. The Bertz CT molecular complexity index is 1300. The fourth-order valence-electron chi connectivity index (χ4n) is 3.60. The van der Waals surface area contributed by atoms with E-state index in [1.54, 1.807) is 29.2 Å². The first kappa shape index (κ1) is 24.8. The van der Waals surface area contributed by atoms with Gasteiger partial charge in [-0.25, -0.2) is 14.8 Å². The van der Waals surface area contributed by atoms with Gasteiger partial charge in [0, 0.05) is 24.2 Å². The van der Waals surface area contributed by atoms with E-state index >= 15 is 0 Å². The second-order valence-corrected chi connectivity index (χ2v) is 8.09. The van der Waals surface area contributed by atoms with Crippen molar-refractivity contribution in [3.8, 4) is 22.9 Å². The maximum Gasteiger partial charge on any atom is 0.357 e. The fraction of sp³-hybridized carbons (Fsp3) is 0.231. The molecule has 2 aromatic heterocycles. The van der Waals surface area contributed by atoms with Crippen LogP contribution in [-0.4, -0.2) is 55.2 Å². The van der Waals surface area contributed by atoms with Crippen LogP contribution in [0.1, 0.15) is 44.9 Å². The zero-order valence-corrected chi connectivity index (χ0v) is 19.3. The van der Waals surface area contributed by atoms with Crippen molar-refractivity contribution in [2.45, 2.75) is 26.1 Å². The number of nitrogens with zero attached hydrogens (tertiary/aromatic N) is 3. The number of benzene rings is 2. The molecule has 10 nitrogen and oxygen atoms in total. The van der Waals surface area contributed by atoms with Gasteiger partial charge in [-0.15, -0.1) is 0 Å². The third-order valence-corrected chi connectivity index (χ3v) is 5.61. The van der Waals surface area contributed by atoms with Crippen LogP contribution in [0.25, 0.3) is 22.9 Å². The summed E-state index contributed by atoms with van der Waals surface area (Å²) in [5, 5.41) is 26.5. The summed E-state index contributed by atoms with van der Waals surface area (Å²) < 4.78 is 10.4. The first-order valence-corrected chi connectivity index (χ1v) is 11.3. The molecule has 1 saturated heterocycles. The van der Waals surface area contributed by atoms with E-state index in [1.165, 1.54) is 6.26 Å². The van der Waals surface area contributed by atoms with Gasteiger partial charge in [0.05, 0.1) is 13.2 Å². The van der Waals surface area contributed by atoms with Crippen molar-refractivity contribution < 1.29 is 33.7 Å². The van der Waals surface area contributed by atoms with Crippen molar-refractivity contribution in [1.29, 1.82) is 0 Å². The van der Waals surface area contributed by atoms with E-state index in [-0.39, 0.29) is 30.7 Å². The number of amides is 1. The van der Waals surface area contributed by atoms with Gasteiger partial charge in [-0.05, 0) is 48.2 Å². The standard InChI is InChI=1S/C15H16N2O3.C11H9NO4/c18-9-11-3-5-12(6-4-11)14-16-13(10-20-14)15(19)17-7-1-2-8-17;13-5-7-1-3-8(4-2-7)10-12-9(6-16-10)11(14)15/h3-6,10,18H,1-2,7-9H2;1-4,6,13H,5H2,(H,14,15). The maximum atomic E-state index is 12.2. The molecule has 10 heteroatoms. The van der Waals surface area contributed by atoms with Gasteiger partial charge >= 0.3 is 5.97 Å². The molecule has 3 heterocycles. The molecule has 0 radical (unpaired) electrons. The van der Waals surface area contributed by atoms with E-state index < -0.39 is 5.97 Å². The van der Waals surface area contributed by atoms with Gasteiger partial charge in [0.1, 0.15) is 12.5 Å². The summed E-state index contributed by atoms with van der Waals surface area (Å²) in [5.41, 5.74) is 3.30. The van der Waals surface area contributed by atoms with Crippen LogP contribution in [0.5, 0.6) is 0 Å². The minimum Gasteiger partial charge on any atom is -0.476 e. The third kappa shape index (κ3) is 5.85. The fourth-order valence-corrected chi connectivity index (χ4v) is 3.60. The van der Waals surface area contributed by atoms with E-state index in [2.05, 4.69) is 9.97 Å². The van der Waals surface area contributed by atoms with Gasteiger partial charge in [-0.1, -0.05) is 24.3 Å². The Morgan fingerprint density at radius 2 is 1.19 bits per heavy atom. The summed E-state index contributed by atoms with van der Waals surface area (Å²) in [4.78, 5) is 32.6. The Morgan fingerprint density at radius 3 is 1.61 bits per heavy atom. The molecule has 4 aromatic rings. The molecule has 0 atom stereocenters. The summed E-state index contributed by atoms with van der Waals surface area (Å²) in [5.74, 6) is -0.509. The molecule has 1 fully saturated rings. The van der Waals surface area contributed by atoms with Crippen LogP contribution in [-0.2, 0) is 13.2 Å². The van der Waals surface area contributed by atoms with Crippen molar-refractivity contribution >= 4 is 11.9 Å². The number of aliphatic hydroxyl groups excluding tert-OH is 2. The highest BCUT2D eigenvalue weighted by atomic mass is 16.4. The van der Waals surface area contributed by atoms with Crippen LogP contribution < -0.4 is 0 Å². The van der Waals surface area contributed by atoms with E-state index in [0.29, 0.717) is 17.1 Å². The summed E-state index contributed by atoms with van der Waals surface area (Å²) in [6.07, 6.45) is 4.62. The van der Waals surface area contributed by atoms with E-state index in [0.717, 1.165) is 48.9 Å². The highest BCUT2D eigenvalue weighted by Gasteiger charge is 2.22. The van der Waals surface area contributed by atoms with Crippen LogP contribution in [0.3, 0.4) is 0 Å². The van der Waals surface area contributed by atoms with Crippen LogP contribution in [0.4, 0.5) is 0 Å². The van der Waals surface area contributed by atoms with Crippen molar-refractivity contribution in [3.05, 3.63) is 83.6 Å². The van der Waals surface area contributed by atoms with Crippen LogP contribution >= 0.6 is 0 Å². The van der Waals surface area contributed by atoms with E-state index in [4.69, 9.17) is 24.2 Å². The summed E-state index contributed by atoms with van der Waals surface area (Å²) in [7, 11) is 0. The Hall–Kier alpha value is -4.28. The predicted molar refractivity (Wildman–Crippen MR) is 128 cm³/mol. The second-order valence-electron chi connectivity index (χ2n) is 8.09. The molecular weight excluding hydrogens is 466 g/mol. The first-order chi connectivity index (χ1) is 17.5. The molecule has 0 unspecified atom stereocenters. The quantitative estimate of drug-likeness (QED) is 0.367. The number of carbonyl (C=O) groups is 2. The molecule has 0 saturated carbocycles. The van der Waals surface area contributed by atoms with E-state index in [1.807, 2.05) is 24.3 Å². The van der Waals surface area contributed by atoms with Crippen LogP contribution in [0.2, 0.25) is 0 Å². The number of hydrogen-bond donors (Lipinski definition) is 3. The lowest BCUT2D eigenvalue weighted by atomic mass is 10.1. The molecule has 0 bridgehead atoms. The minimum atomic E-state index is -1.12. The van der Waals surface area contributed by atoms with Crippen molar-refractivity contribution in [1.82, 2.24) is 14.9 Å². The third-order valence-electron chi connectivity index (χ3n) is 5.61. The number of hydrogen-bond acceptors (Lipinski definition) is 8. The van der Waals surface area contributed by atoms with Gasteiger partial charge in [0.25, 0.3) is 5.91 Å². The SMILES string of the molecule is O=C(O)c1coc(-c2ccc(CO)cc2)n1.O=C(c1coc(-c2ccc(CO)cc2)n1)N1CCCC1. The predicted octanol–water partition coefficient (Wildman–Crippen LogP) is 3.60. The number of aromatic carboxylic acids is 1. The van der Waals surface area contributed by atoms with Gasteiger partial charge in [0.15, 0.2) is 11.4 Å². The largest absolute Gasteiger partial charge is 0.476 e. The zero-order chi connectivity index (χ0) is 25.5. The van der Waals surface area contributed by atoms with Crippen molar-refractivity contribution in [2.24, 2.45) is 0 Å². The molecule has 3 N–H and O–H groups in total. The molecule has 1 aliphatic heterocycles. The molecule has 1 aliphatic rings. The van der Waals surface area contributed by atoms with Gasteiger partial charge in [-0.2, -0.15) is 0 Å². The molecule has 5 rings (SSSR count). The Kier molecular flexibility index (Phi) is 7.89. The smallest absolute Gasteiger partial charge is 0.357 e. The number of rotatable bonds is 6. The molecule has 0 spiro atoms. The van der Waals surface area contributed by atoms with Crippen LogP contribution in [0.15, 0.2) is 69.9 Å². The average Bonchev–Trinajstić information content (AvgIpc) is 3.71. The van der Waals surface area contributed by atoms with Gasteiger partial charge in [0.2, 0.25) is 11.8 Å². The van der Waals surface area contributed by atoms with Crippen molar-refractivity contribution in [2.75, 3.05) is 13.1 Å². The zero-order valence-electron chi connectivity index (χ0n) is 19.3.